The van der Waals surface area contributed by atoms with Crippen LogP contribution in [0.15, 0.2) is 40.5 Å². The molecule has 2 N–H and O–H groups in total. The van der Waals surface area contributed by atoms with Crippen LogP contribution in [0.4, 0.5) is 5.69 Å². The number of hydrogen-bond donors (Lipinski definition) is 2. The molecule has 2 heterocycles. The van der Waals surface area contributed by atoms with E-state index < -0.39 is 0 Å². The van der Waals surface area contributed by atoms with Crippen LogP contribution in [-0.2, 0) is 6.54 Å². The van der Waals surface area contributed by atoms with Crippen LogP contribution in [-0.4, -0.2) is 17.1 Å². The quantitative estimate of drug-likeness (QED) is 0.774. The maximum absolute atomic E-state index is 11.8. The van der Waals surface area contributed by atoms with Gasteiger partial charge in [-0.05, 0) is 35.7 Å². The summed E-state index contributed by atoms with van der Waals surface area (Å²) in [7, 11) is 1.63. The molecule has 0 aliphatic heterocycles. The molecule has 0 atom stereocenters. The highest BCUT2D eigenvalue weighted by atomic mass is 32.1. The van der Waals surface area contributed by atoms with Gasteiger partial charge in [-0.25, -0.2) is 4.98 Å². The van der Waals surface area contributed by atoms with Crippen molar-refractivity contribution < 1.29 is 4.74 Å². The Morgan fingerprint density at radius 3 is 2.85 bits per heavy atom. The summed E-state index contributed by atoms with van der Waals surface area (Å²) in [6, 6.07) is 9.44. The van der Waals surface area contributed by atoms with Crippen molar-refractivity contribution in [1.82, 2.24) is 9.97 Å². The van der Waals surface area contributed by atoms with Crippen LogP contribution in [0.2, 0.25) is 0 Å². The zero-order valence-corrected chi connectivity index (χ0v) is 11.7. The highest BCUT2D eigenvalue weighted by Crippen LogP contribution is 2.16. The van der Waals surface area contributed by atoms with Gasteiger partial charge in [-0.15, -0.1) is 11.3 Å². The van der Waals surface area contributed by atoms with E-state index in [1.807, 2.05) is 35.7 Å². The number of H-pyrrole nitrogens is 1. The molecule has 3 rings (SSSR count). The second-order valence-corrected chi connectivity index (χ2v) is 5.15. The van der Waals surface area contributed by atoms with Gasteiger partial charge in [0.15, 0.2) is 0 Å². The summed E-state index contributed by atoms with van der Waals surface area (Å²) >= 11 is 1.40. The van der Waals surface area contributed by atoms with Gasteiger partial charge in [-0.1, -0.05) is 0 Å². The van der Waals surface area contributed by atoms with E-state index in [4.69, 9.17) is 4.74 Å². The predicted molar refractivity (Wildman–Crippen MR) is 80.6 cm³/mol. The second-order valence-electron chi connectivity index (χ2n) is 4.23. The summed E-state index contributed by atoms with van der Waals surface area (Å²) in [5, 5.41) is 5.08. The van der Waals surface area contributed by atoms with Crippen LogP contribution in [0.3, 0.4) is 0 Å². The molecule has 0 unspecified atom stereocenters. The first-order valence-corrected chi connectivity index (χ1v) is 6.98. The van der Waals surface area contributed by atoms with E-state index in [1.165, 1.54) is 11.3 Å². The lowest BCUT2D eigenvalue weighted by Crippen LogP contribution is -2.13. The molecule has 0 saturated heterocycles. The fourth-order valence-corrected chi connectivity index (χ4v) is 2.63. The summed E-state index contributed by atoms with van der Waals surface area (Å²) < 4.78 is 5.77. The third kappa shape index (κ3) is 2.50. The summed E-state index contributed by atoms with van der Waals surface area (Å²) in [6.07, 6.45) is 0. The molecule has 1 aromatic carbocycles. The first kappa shape index (κ1) is 12.7. The van der Waals surface area contributed by atoms with Crippen molar-refractivity contribution in [2.24, 2.45) is 0 Å². The van der Waals surface area contributed by atoms with Gasteiger partial charge in [0.2, 0.25) is 0 Å². The Balaban J connectivity index is 1.77. The first-order chi connectivity index (χ1) is 9.76. The summed E-state index contributed by atoms with van der Waals surface area (Å²) in [5.74, 6) is 1.43. The van der Waals surface area contributed by atoms with Crippen LogP contribution < -0.4 is 15.6 Å². The number of thiophene rings is 1. The number of nitrogens with zero attached hydrogens (tertiary/aromatic N) is 1. The molecule has 0 bridgehead atoms. The van der Waals surface area contributed by atoms with E-state index in [-0.39, 0.29) is 5.56 Å². The number of aromatic nitrogens is 2. The van der Waals surface area contributed by atoms with Crippen molar-refractivity contribution in [3.05, 3.63) is 51.9 Å². The highest BCUT2D eigenvalue weighted by Gasteiger charge is 2.04. The Morgan fingerprint density at radius 2 is 2.10 bits per heavy atom. The molecule has 102 valence electrons. The minimum absolute atomic E-state index is 0.0865. The Labute approximate surface area is 119 Å². The van der Waals surface area contributed by atoms with Gasteiger partial charge < -0.3 is 15.0 Å². The maximum Gasteiger partial charge on any atom is 0.268 e. The number of aromatic amines is 1. The zero-order chi connectivity index (χ0) is 13.9. The normalized spacial score (nSPS) is 10.7. The fraction of sp³-hybridized carbons (Fsp3) is 0.143. The number of nitrogens with one attached hydrogen (secondary N) is 2. The minimum atomic E-state index is -0.0865. The summed E-state index contributed by atoms with van der Waals surface area (Å²) in [4.78, 5) is 19.0. The lowest BCUT2D eigenvalue weighted by atomic mass is 10.3. The monoisotopic (exact) mass is 287 g/mol. The number of rotatable bonds is 4. The Morgan fingerprint density at radius 1 is 1.30 bits per heavy atom. The molecule has 0 aliphatic rings. The standard InChI is InChI=1S/C14H13N3O2S/c1-19-10-4-2-9(3-5-10)15-8-12-16-11-6-7-20-13(11)14(18)17-12/h2-7,15H,8H2,1H3,(H,16,17,18). The average Bonchev–Trinajstić information content (AvgIpc) is 2.94. The summed E-state index contributed by atoms with van der Waals surface area (Å²) in [5.41, 5.74) is 1.60. The minimum Gasteiger partial charge on any atom is -0.497 e. The van der Waals surface area contributed by atoms with E-state index in [2.05, 4.69) is 15.3 Å². The van der Waals surface area contributed by atoms with E-state index in [0.29, 0.717) is 17.1 Å². The van der Waals surface area contributed by atoms with E-state index in [1.54, 1.807) is 7.11 Å². The number of fused-ring (bicyclic) bond motifs is 1. The average molecular weight is 287 g/mol. The molecule has 2 aromatic heterocycles. The Bertz CT molecular complexity index is 777. The molecule has 0 amide bonds. The van der Waals surface area contributed by atoms with Crippen molar-refractivity contribution in [2.45, 2.75) is 6.54 Å². The van der Waals surface area contributed by atoms with Crippen molar-refractivity contribution in [3.63, 3.8) is 0 Å². The molecule has 20 heavy (non-hydrogen) atoms. The van der Waals surface area contributed by atoms with E-state index in [0.717, 1.165) is 17.0 Å². The molecule has 0 spiro atoms. The SMILES string of the molecule is COc1ccc(NCc2nc3ccsc3c(=O)[nH]2)cc1. The topological polar surface area (TPSA) is 67.0 Å². The van der Waals surface area contributed by atoms with Crippen molar-refractivity contribution >= 4 is 27.2 Å². The van der Waals surface area contributed by atoms with Crippen LogP contribution >= 0.6 is 11.3 Å². The molecule has 0 saturated carbocycles. The second kappa shape index (κ2) is 5.34. The maximum atomic E-state index is 11.8. The molecule has 0 aliphatic carbocycles. The number of benzene rings is 1. The van der Waals surface area contributed by atoms with Gasteiger partial charge in [0.1, 0.15) is 16.3 Å². The number of methoxy groups -OCH3 is 1. The van der Waals surface area contributed by atoms with Gasteiger partial charge in [-0.3, -0.25) is 4.79 Å². The van der Waals surface area contributed by atoms with E-state index in [9.17, 15) is 4.79 Å². The fourth-order valence-electron chi connectivity index (χ4n) is 1.90. The molecular formula is C14H13N3O2S. The van der Waals surface area contributed by atoms with Gasteiger partial charge in [0, 0.05) is 5.69 Å². The smallest absolute Gasteiger partial charge is 0.268 e. The Hall–Kier alpha value is -2.34. The van der Waals surface area contributed by atoms with Crippen LogP contribution in [0.5, 0.6) is 5.75 Å². The molecular weight excluding hydrogens is 274 g/mol. The highest BCUT2D eigenvalue weighted by molar-refractivity contribution is 7.17. The lowest BCUT2D eigenvalue weighted by Gasteiger charge is -2.06. The number of hydrogen-bond acceptors (Lipinski definition) is 5. The van der Waals surface area contributed by atoms with Crippen LogP contribution in [0.1, 0.15) is 5.82 Å². The molecule has 5 nitrogen and oxygen atoms in total. The molecule has 3 aromatic rings. The first-order valence-electron chi connectivity index (χ1n) is 6.10. The summed E-state index contributed by atoms with van der Waals surface area (Å²) in [6.45, 7) is 0.466. The van der Waals surface area contributed by atoms with Crippen molar-refractivity contribution in [2.75, 3.05) is 12.4 Å². The van der Waals surface area contributed by atoms with E-state index >= 15 is 0 Å². The van der Waals surface area contributed by atoms with Crippen molar-refractivity contribution in [3.8, 4) is 5.75 Å². The van der Waals surface area contributed by atoms with Gasteiger partial charge in [0.25, 0.3) is 5.56 Å². The van der Waals surface area contributed by atoms with Crippen LogP contribution in [0.25, 0.3) is 10.2 Å². The zero-order valence-electron chi connectivity index (χ0n) is 10.8. The van der Waals surface area contributed by atoms with Crippen LogP contribution in [0, 0.1) is 0 Å². The molecule has 6 heteroatoms. The number of ether oxygens (including phenoxy) is 1. The largest absolute Gasteiger partial charge is 0.497 e. The van der Waals surface area contributed by atoms with Gasteiger partial charge >= 0.3 is 0 Å². The lowest BCUT2D eigenvalue weighted by molar-refractivity contribution is 0.415. The van der Waals surface area contributed by atoms with Crippen molar-refractivity contribution in [1.29, 1.82) is 0 Å². The van der Waals surface area contributed by atoms with Gasteiger partial charge in [-0.2, -0.15) is 0 Å². The number of anilines is 1. The third-order valence-corrected chi connectivity index (χ3v) is 3.82. The molecule has 0 radical (unpaired) electrons. The molecule has 0 fully saturated rings. The predicted octanol–water partition coefficient (Wildman–Crippen LogP) is 2.61. The third-order valence-electron chi connectivity index (χ3n) is 2.91. The van der Waals surface area contributed by atoms with Gasteiger partial charge in [0.05, 0.1) is 19.2 Å². The Kier molecular flexibility index (Phi) is 3.39.